The topological polar surface area (TPSA) is 27.1 Å². The molecule has 0 spiro atoms. The summed E-state index contributed by atoms with van der Waals surface area (Å²) >= 11 is 6.12. The van der Waals surface area contributed by atoms with Crippen molar-refractivity contribution in [2.45, 2.75) is 44.2 Å². The molecule has 3 nitrogen and oxygen atoms in total. The maximum Gasteiger partial charge on any atom is 0.0869 e. The van der Waals surface area contributed by atoms with Gasteiger partial charge in [0.2, 0.25) is 0 Å². The fourth-order valence-electron chi connectivity index (χ4n) is 1.79. The first kappa shape index (κ1) is 11.0. The van der Waals surface area contributed by atoms with Crippen LogP contribution in [0, 0.1) is 0 Å². The van der Waals surface area contributed by atoms with Crippen LogP contribution in [0.2, 0.25) is 0 Å². The van der Waals surface area contributed by atoms with Gasteiger partial charge in [0.1, 0.15) is 0 Å². The zero-order valence-corrected chi connectivity index (χ0v) is 9.94. The molecule has 0 aromatic carbocycles. The number of halogens is 1. The van der Waals surface area contributed by atoms with E-state index in [-0.39, 0.29) is 11.5 Å². The number of ether oxygens (including phenoxy) is 1. The summed E-state index contributed by atoms with van der Waals surface area (Å²) in [6.07, 6.45) is 5.93. The second-order valence-corrected chi connectivity index (χ2v) is 4.95. The Hall–Kier alpha value is -0.540. The zero-order chi connectivity index (χ0) is 10.8. The van der Waals surface area contributed by atoms with Gasteiger partial charge in [-0.15, -0.1) is 11.6 Å². The standard InChI is InChI=1S/C11H17ClN2O/c1-8(2)14-7-9(6-13-14)11-5-10(12)3-4-15-11/h6-8,10-11H,3-5H2,1-2H3. The van der Waals surface area contributed by atoms with E-state index < -0.39 is 0 Å². The lowest BCUT2D eigenvalue weighted by atomic mass is 10.0. The second kappa shape index (κ2) is 4.54. The molecular formula is C11H17ClN2O. The van der Waals surface area contributed by atoms with Crippen LogP contribution in [0.1, 0.15) is 44.4 Å². The van der Waals surface area contributed by atoms with Crippen molar-refractivity contribution in [1.29, 1.82) is 0 Å². The highest BCUT2D eigenvalue weighted by Crippen LogP contribution is 2.30. The van der Waals surface area contributed by atoms with Crippen LogP contribution >= 0.6 is 11.6 Å². The fourth-order valence-corrected chi connectivity index (χ4v) is 2.04. The molecule has 1 aliphatic heterocycles. The van der Waals surface area contributed by atoms with E-state index >= 15 is 0 Å². The molecule has 0 N–H and O–H groups in total. The number of hydrogen-bond donors (Lipinski definition) is 0. The van der Waals surface area contributed by atoms with Gasteiger partial charge in [-0.3, -0.25) is 4.68 Å². The third-order valence-electron chi connectivity index (χ3n) is 2.74. The van der Waals surface area contributed by atoms with Crippen LogP contribution in [0.25, 0.3) is 0 Å². The molecule has 84 valence electrons. The van der Waals surface area contributed by atoms with Crippen LogP contribution in [0.15, 0.2) is 12.4 Å². The average Bonchev–Trinajstić information content (AvgIpc) is 2.66. The summed E-state index contributed by atoms with van der Waals surface area (Å²) in [7, 11) is 0. The molecule has 15 heavy (non-hydrogen) atoms. The van der Waals surface area contributed by atoms with Crippen LogP contribution in [0.5, 0.6) is 0 Å². The van der Waals surface area contributed by atoms with E-state index in [2.05, 4.69) is 25.1 Å². The van der Waals surface area contributed by atoms with Crippen molar-refractivity contribution in [3.8, 4) is 0 Å². The highest BCUT2D eigenvalue weighted by atomic mass is 35.5. The molecule has 1 saturated heterocycles. The number of rotatable bonds is 2. The van der Waals surface area contributed by atoms with Crippen LogP contribution in [-0.4, -0.2) is 21.8 Å². The molecule has 1 aromatic rings. The Labute approximate surface area is 95.4 Å². The molecule has 2 atom stereocenters. The third-order valence-corrected chi connectivity index (χ3v) is 3.14. The Balaban J connectivity index is 2.08. The van der Waals surface area contributed by atoms with Gasteiger partial charge in [0, 0.05) is 29.8 Å². The van der Waals surface area contributed by atoms with Gasteiger partial charge in [0.05, 0.1) is 12.3 Å². The summed E-state index contributed by atoms with van der Waals surface area (Å²) in [5, 5.41) is 4.55. The van der Waals surface area contributed by atoms with E-state index in [1.165, 1.54) is 0 Å². The lowest BCUT2D eigenvalue weighted by Gasteiger charge is -2.25. The molecule has 0 aliphatic carbocycles. The van der Waals surface area contributed by atoms with Crippen molar-refractivity contribution in [2.24, 2.45) is 0 Å². The fraction of sp³-hybridized carbons (Fsp3) is 0.727. The molecule has 0 bridgehead atoms. The maximum absolute atomic E-state index is 6.12. The SMILES string of the molecule is CC(C)n1cc(C2CC(Cl)CCO2)cn1. The van der Waals surface area contributed by atoms with Gasteiger partial charge < -0.3 is 4.74 Å². The van der Waals surface area contributed by atoms with Gasteiger partial charge in [0.25, 0.3) is 0 Å². The van der Waals surface area contributed by atoms with Crippen LogP contribution in [0.4, 0.5) is 0 Å². The Morgan fingerprint density at radius 1 is 1.60 bits per heavy atom. The van der Waals surface area contributed by atoms with Crippen LogP contribution < -0.4 is 0 Å². The lowest BCUT2D eigenvalue weighted by Crippen LogP contribution is -2.19. The summed E-state index contributed by atoms with van der Waals surface area (Å²) in [5.74, 6) is 0. The highest BCUT2D eigenvalue weighted by Gasteiger charge is 2.23. The van der Waals surface area contributed by atoms with E-state index in [0.717, 1.165) is 25.0 Å². The van der Waals surface area contributed by atoms with E-state index in [1.807, 2.05) is 10.9 Å². The van der Waals surface area contributed by atoms with Crippen molar-refractivity contribution in [3.63, 3.8) is 0 Å². The van der Waals surface area contributed by atoms with Gasteiger partial charge in [-0.05, 0) is 26.7 Å². The predicted octanol–water partition coefficient (Wildman–Crippen LogP) is 2.92. The Morgan fingerprint density at radius 3 is 3.00 bits per heavy atom. The minimum absolute atomic E-state index is 0.133. The van der Waals surface area contributed by atoms with E-state index in [4.69, 9.17) is 16.3 Å². The minimum atomic E-state index is 0.133. The van der Waals surface area contributed by atoms with Crippen molar-refractivity contribution < 1.29 is 4.74 Å². The summed E-state index contributed by atoms with van der Waals surface area (Å²) in [4.78, 5) is 0. The number of nitrogens with zero attached hydrogens (tertiary/aromatic N) is 2. The molecule has 1 aliphatic rings. The summed E-state index contributed by atoms with van der Waals surface area (Å²) in [6.45, 7) is 4.98. The molecule has 2 rings (SSSR count). The molecule has 0 amide bonds. The molecular weight excluding hydrogens is 212 g/mol. The predicted molar refractivity (Wildman–Crippen MR) is 60.2 cm³/mol. The summed E-state index contributed by atoms with van der Waals surface area (Å²) in [6, 6.07) is 0.397. The van der Waals surface area contributed by atoms with Crippen molar-refractivity contribution in [3.05, 3.63) is 18.0 Å². The Kier molecular flexibility index (Phi) is 3.32. The lowest BCUT2D eigenvalue weighted by molar-refractivity contribution is 0.0168. The number of aromatic nitrogens is 2. The molecule has 0 saturated carbocycles. The molecule has 0 radical (unpaired) electrons. The quantitative estimate of drug-likeness (QED) is 0.728. The minimum Gasteiger partial charge on any atom is -0.373 e. The summed E-state index contributed by atoms with van der Waals surface area (Å²) < 4.78 is 7.64. The molecule has 4 heteroatoms. The summed E-state index contributed by atoms with van der Waals surface area (Å²) in [5.41, 5.74) is 1.15. The van der Waals surface area contributed by atoms with Gasteiger partial charge >= 0.3 is 0 Å². The van der Waals surface area contributed by atoms with Crippen LogP contribution in [0.3, 0.4) is 0 Å². The molecule has 2 heterocycles. The normalized spacial score (nSPS) is 27.2. The molecule has 1 fully saturated rings. The van der Waals surface area contributed by atoms with Crippen molar-refractivity contribution in [1.82, 2.24) is 9.78 Å². The van der Waals surface area contributed by atoms with Gasteiger partial charge in [-0.1, -0.05) is 0 Å². The maximum atomic E-state index is 6.12. The first-order valence-electron chi connectivity index (χ1n) is 5.46. The largest absolute Gasteiger partial charge is 0.373 e. The monoisotopic (exact) mass is 228 g/mol. The molecule has 1 aromatic heterocycles. The van der Waals surface area contributed by atoms with E-state index in [0.29, 0.717) is 6.04 Å². The number of alkyl halides is 1. The first-order valence-corrected chi connectivity index (χ1v) is 5.90. The second-order valence-electron chi connectivity index (χ2n) is 4.33. The van der Waals surface area contributed by atoms with E-state index in [1.54, 1.807) is 0 Å². The highest BCUT2D eigenvalue weighted by molar-refractivity contribution is 6.20. The molecule has 2 unspecified atom stereocenters. The zero-order valence-electron chi connectivity index (χ0n) is 9.19. The van der Waals surface area contributed by atoms with E-state index in [9.17, 15) is 0 Å². The van der Waals surface area contributed by atoms with Crippen molar-refractivity contribution >= 4 is 11.6 Å². The van der Waals surface area contributed by atoms with Gasteiger partial charge in [0.15, 0.2) is 0 Å². The van der Waals surface area contributed by atoms with Gasteiger partial charge in [-0.25, -0.2) is 0 Å². The Morgan fingerprint density at radius 2 is 2.40 bits per heavy atom. The van der Waals surface area contributed by atoms with Crippen LogP contribution in [-0.2, 0) is 4.74 Å². The third kappa shape index (κ3) is 2.52. The Bertz CT molecular complexity index is 324. The van der Waals surface area contributed by atoms with Crippen molar-refractivity contribution in [2.75, 3.05) is 6.61 Å². The average molecular weight is 229 g/mol. The smallest absolute Gasteiger partial charge is 0.0869 e. The van der Waals surface area contributed by atoms with Gasteiger partial charge in [-0.2, -0.15) is 5.10 Å². The first-order chi connectivity index (χ1) is 7.16. The number of hydrogen-bond acceptors (Lipinski definition) is 2.